The van der Waals surface area contributed by atoms with E-state index in [1.165, 1.54) is 0 Å². The first-order valence-electron chi connectivity index (χ1n) is 9.33. The van der Waals surface area contributed by atoms with E-state index < -0.39 is 5.54 Å². The number of hydrogen-bond donors (Lipinski definition) is 1. The second kappa shape index (κ2) is 7.97. The highest BCUT2D eigenvalue weighted by atomic mass is 16.5. The van der Waals surface area contributed by atoms with Crippen LogP contribution >= 0.6 is 0 Å². The Kier molecular flexibility index (Phi) is 5.66. The first kappa shape index (κ1) is 19.2. The number of ether oxygens (including phenoxy) is 1. The summed E-state index contributed by atoms with van der Waals surface area (Å²) in [5, 5.41) is 12.2. The highest BCUT2D eigenvalue weighted by molar-refractivity contribution is 5.94. The van der Waals surface area contributed by atoms with Crippen LogP contribution in [0.4, 0.5) is 0 Å². The number of nitrogens with one attached hydrogen (secondary N) is 1. The molecule has 3 rings (SSSR count). The summed E-state index contributed by atoms with van der Waals surface area (Å²) in [5.41, 5.74) is -0.156. The van der Waals surface area contributed by atoms with Crippen molar-refractivity contribution in [3.63, 3.8) is 0 Å². The van der Waals surface area contributed by atoms with Gasteiger partial charge in [-0.15, -0.1) is 0 Å². The van der Waals surface area contributed by atoms with E-state index in [4.69, 9.17) is 4.74 Å². The number of amides is 2. The lowest BCUT2D eigenvalue weighted by molar-refractivity contribution is -0.124. The smallest absolute Gasteiger partial charge is 0.254 e. The molecule has 0 aromatic heterocycles. The van der Waals surface area contributed by atoms with Gasteiger partial charge in [-0.25, -0.2) is 0 Å². The molecule has 2 aliphatic rings. The van der Waals surface area contributed by atoms with Gasteiger partial charge in [0, 0.05) is 31.7 Å². The van der Waals surface area contributed by atoms with E-state index in [0.29, 0.717) is 37.5 Å². The molecule has 1 aliphatic heterocycles. The molecule has 1 unspecified atom stereocenters. The third-order valence-corrected chi connectivity index (χ3v) is 5.37. The summed E-state index contributed by atoms with van der Waals surface area (Å²) in [4.78, 5) is 28.8. The Morgan fingerprint density at radius 2 is 2.00 bits per heavy atom. The SMILES string of the molecule is COc1cccc(C(=O)N2CCN(CC(=O)NC(C)(C#N)C3CC3)CC2)c1. The van der Waals surface area contributed by atoms with Gasteiger partial charge in [-0.2, -0.15) is 5.26 Å². The average Bonchev–Trinajstić information content (AvgIpc) is 3.53. The number of carbonyl (C=O) groups is 2. The molecule has 144 valence electrons. The van der Waals surface area contributed by atoms with Crippen LogP contribution in [0.3, 0.4) is 0 Å². The standard InChI is InChI=1S/C20H26N4O3/c1-20(14-21,16-6-7-16)22-18(25)13-23-8-10-24(11-9-23)19(26)15-4-3-5-17(12-15)27-2/h3-5,12,16H,6-11,13H2,1-2H3,(H,22,25). The molecular weight excluding hydrogens is 344 g/mol. The predicted octanol–water partition coefficient (Wildman–Crippen LogP) is 1.26. The molecule has 1 saturated heterocycles. The van der Waals surface area contributed by atoms with Crippen molar-refractivity contribution in [2.45, 2.75) is 25.3 Å². The van der Waals surface area contributed by atoms with Crippen LogP contribution in [0.1, 0.15) is 30.1 Å². The van der Waals surface area contributed by atoms with Crippen LogP contribution < -0.4 is 10.1 Å². The zero-order valence-corrected chi connectivity index (χ0v) is 15.9. The number of carbonyl (C=O) groups excluding carboxylic acids is 2. The average molecular weight is 370 g/mol. The van der Waals surface area contributed by atoms with Gasteiger partial charge in [-0.1, -0.05) is 6.07 Å². The van der Waals surface area contributed by atoms with Gasteiger partial charge in [-0.3, -0.25) is 14.5 Å². The van der Waals surface area contributed by atoms with Crippen molar-refractivity contribution in [2.24, 2.45) is 5.92 Å². The summed E-state index contributed by atoms with van der Waals surface area (Å²) >= 11 is 0. The lowest BCUT2D eigenvalue weighted by Crippen LogP contribution is -2.54. The number of methoxy groups -OCH3 is 1. The number of nitriles is 1. The second-order valence-corrected chi connectivity index (χ2v) is 7.44. The fourth-order valence-electron chi connectivity index (χ4n) is 3.46. The molecule has 7 heteroatoms. The van der Waals surface area contributed by atoms with Crippen molar-refractivity contribution in [2.75, 3.05) is 39.8 Å². The van der Waals surface area contributed by atoms with E-state index in [2.05, 4.69) is 11.4 Å². The summed E-state index contributed by atoms with van der Waals surface area (Å²) in [6.07, 6.45) is 1.99. The van der Waals surface area contributed by atoms with Crippen LogP contribution in [0.5, 0.6) is 5.75 Å². The quantitative estimate of drug-likeness (QED) is 0.815. The van der Waals surface area contributed by atoms with Gasteiger partial charge < -0.3 is 15.0 Å². The monoisotopic (exact) mass is 370 g/mol. The maximum absolute atomic E-state index is 12.6. The molecular formula is C20H26N4O3. The number of benzene rings is 1. The van der Waals surface area contributed by atoms with Crippen LogP contribution in [-0.2, 0) is 4.79 Å². The minimum absolute atomic E-state index is 0.0243. The minimum atomic E-state index is -0.763. The predicted molar refractivity (Wildman–Crippen MR) is 100 cm³/mol. The van der Waals surface area contributed by atoms with Gasteiger partial charge in [0.1, 0.15) is 11.3 Å². The molecule has 1 aromatic carbocycles. The fourth-order valence-corrected chi connectivity index (χ4v) is 3.46. The van der Waals surface area contributed by atoms with E-state index in [1.807, 2.05) is 11.0 Å². The van der Waals surface area contributed by atoms with Crippen LogP contribution in [0.25, 0.3) is 0 Å². The molecule has 2 amide bonds. The third-order valence-electron chi connectivity index (χ3n) is 5.37. The van der Waals surface area contributed by atoms with Crippen molar-refractivity contribution in [3.8, 4) is 11.8 Å². The molecule has 1 aromatic rings. The third kappa shape index (κ3) is 4.58. The molecule has 1 heterocycles. The first-order chi connectivity index (χ1) is 12.9. The maximum Gasteiger partial charge on any atom is 0.254 e. The van der Waals surface area contributed by atoms with Crippen LogP contribution in [0, 0.1) is 17.2 Å². The molecule has 1 atom stereocenters. The van der Waals surface area contributed by atoms with Gasteiger partial charge >= 0.3 is 0 Å². The number of piperazine rings is 1. The molecule has 1 aliphatic carbocycles. The summed E-state index contributed by atoms with van der Waals surface area (Å²) in [5.74, 6) is 0.776. The molecule has 1 saturated carbocycles. The van der Waals surface area contributed by atoms with Crippen LogP contribution in [0.2, 0.25) is 0 Å². The van der Waals surface area contributed by atoms with E-state index in [0.717, 1.165) is 12.8 Å². The van der Waals surface area contributed by atoms with E-state index in [9.17, 15) is 14.9 Å². The number of nitrogens with zero attached hydrogens (tertiary/aromatic N) is 3. The van der Waals surface area contributed by atoms with Crippen molar-refractivity contribution < 1.29 is 14.3 Å². The molecule has 27 heavy (non-hydrogen) atoms. The Bertz CT molecular complexity index is 748. The highest BCUT2D eigenvalue weighted by Crippen LogP contribution is 2.39. The van der Waals surface area contributed by atoms with Gasteiger partial charge in [-0.05, 0) is 43.9 Å². The Morgan fingerprint density at radius 3 is 2.59 bits per heavy atom. The molecule has 0 radical (unpaired) electrons. The topological polar surface area (TPSA) is 85.7 Å². The Labute approximate surface area is 159 Å². The zero-order valence-electron chi connectivity index (χ0n) is 15.9. The normalized spacial score (nSPS) is 19.7. The van der Waals surface area contributed by atoms with E-state index in [-0.39, 0.29) is 24.3 Å². The highest BCUT2D eigenvalue weighted by Gasteiger charge is 2.43. The molecule has 2 fully saturated rings. The van der Waals surface area contributed by atoms with E-state index >= 15 is 0 Å². The molecule has 0 spiro atoms. The van der Waals surface area contributed by atoms with Crippen LogP contribution in [-0.4, -0.2) is 67.0 Å². The molecule has 0 bridgehead atoms. The number of hydrogen-bond acceptors (Lipinski definition) is 5. The largest absolute Gasteiger partial charge is 0.497 e. The molecule has 1 N–H and O–H groups in total. The van der Waals surface area contributed by atoms with Crippen molar-refractivity contribution in [3.05, 3.63) is 29.8 Å². The van der Waals surface area contributed by atoms with Gasteiger partial charge in [0.15, 0.2) is 0 Å². The van der Waals surface area contributed by atoms with Gasteiger partial charge in [0.05, 0.1) is 19.7 Å². The van der Waals surface area contributed by atoms with Crippen molar-refractivity contribution in [1.82, 2.24) is 15.1 Å². The lowest BCUT2D eigenvalue weighted by atomic mass is 9.98. The Balaban J connectivity index is 1.49. The lowest BCUT2D eigenvalue weighted by Gasteiger charge is -2.35. The van der Waals surface area contributed by atoms with Crippen molar-refractivity contribution >= 4 is 11.8 Å². The summed E-state index contributed by atoms with van der Waals surface area (Å²) in [6, 6.07) is 9.38. The zero-order chi connectivity index (χ0) is 19.4. The van der Waals surface area contributed by atoms with E-state index in [1.54, 1.807) is 37.1 Å². The van der Waals surface area contributed by atoms with Crippen LogP contribution in [0.15, 0.2) is 24.3 Å². The Hall–Kier alpha value is -2.59. The van der Waals surface area contributed by atoms with Gasteiger partial charge in [0.2, 0.25) is 5.91 Å². The second-order valence-electron chi connectivity index (χ2n) is 7.44. The fraction of sp³-hybridized carbons (Fsp3) is 0.550. The molecule has 7 nitrogen and oxygen atoms in total. The maximum atomic E-state index is 12.6. The first-order valence-corrected chi connectivity index (χ1v) is 9.33. The Morgan fingerprint density at radius 1 is 1.30 bits per heavy atom. The summed E-state index contributed by atoms with van der Waals surface area (Å²) in [7, 11) is 1.58. The minimum Gasteiger partial charge on any atom is -0.497 e. The number of rotatable bonds is 6. The van der Waals surface area contributed by atoms with Crippen molar-refractivity contribution in [1.29, 1.82) is 5.26 Å². The summed E-state index contributed by atoms with van der Waals surface area (Å²) in [6.45, 7) is 4.47. The summed E-state index contributed by atoms with van der Waals surface area (Å²) < 4.78 is 5.18. The van der Waals surface area contributed by atoms with Gasteiger partial charge in [0.25, 0.3) is 5.91 Å².